The van der Waals surface area contributed by atoms with Crippen LogP contribution >= 0.6 is 0 Å². The Morgan fingerprint density at radius 3 is 2.36 bits per heavy atom. The van der Waals surface area contributed by atoms with Gasteiger partial charge < -0.3 is 10.5 Å². The van der Waals surface area contributed by atoms with E-state index in [0.717, 1.165) is 0 Å². The van der Waals surface area contributed by atoms with E-state index in [-0.39, 0.29) is 12.5 Å². The number of hydrogen-bond donors (Lipinski definition) is 1. The lowest BCUT2D eigenvalue weighted by atomic mass is 10.2. The van der Waals surface area contributed by atoms with Crippen molar-refractivity contribution in [2.45, 2.75) is 26.8 Å². The normalized spacial score (nSPS) is 12.6. The van der Waals surface area contributed by atoms with Gasteiger partial charge in [0.2, 0.25) is 5.91 Å². The summed E-state index contributed by atoms with van der Waals surface area (Å²) in [7, 11) is 0. The van der Waals surface area contributed by atoms with Crippen molar-refractivity contribution in [3.8, 4) is 0 Å². The molecule has 0 aliphatic carbocycles. The van der Waals surface area contributed by atoms with E-state index >= 15 is 0 Å². The molecule has 1 amide bonds. The van der Waals surface area contributed by atoms with Gasteiger partial charge in [-0.2, -0.15) is 0 Å². The van der Waals surface area contributed by atoms with Gasteiger partial charge in [0.1, 0.15) is 0 Å². The van der Waals surface area contributed by atoms with Crippen molar-refractivity contribution in [1.29, 1.82) is 0 Å². The summed E-state index contributed by atoms with van der Waals surface area (Å²) < 4.78 is 4.77. The summed E-state index contributed by atoms with van der Waals surface area (Å²) in [6.07, 6.45) is 0. The van der Waals surface area contributed by atoms with Crippen molar-refractivity contribution in [3.05, 3.63) is 0 Å². The Labute approximate surface area is 84.2 Å². The largest absolute Gasteiger partial charge is 0.465 e. The smallest absolute Gasteiger partial charge is 0.320 e. The molecule has 82 valence electrons. The topological polar surface area (TPSA) is 72.6 Å². The molecule has 0 aromatic rings. The van der Waals surface area contributed by atoms with Crippen LogP contribution in [0.5, 0.6) is 0 Å². The first kappa shape index (κ1) is 12.9. The van der Waals surface area contributed by atoms with Gasteiger partial charge in [0.15, 0.2) is 0 Å². The minimum atomic E-state index is -0.440. The molecule has 0 aliphatic heterocycles. The number of carbonyl (C=O) groups is 2. The summed E-state index contributed by atoms with van der Waals surface area (Å²) >= 11 is 0. The van der Waals surface area contributed by atoms with Crippen LogP contribution in [0, 0.1) is 0 Å². The Hall–Kier alpha value is -1.10. The number of ether oxygens (including phenoxy) is 1. The van der Waals surface area contributed by atoms with E-state index in [1.54, 1.807) is 18.7 Å². The summed E-state index contributed by atoms with van der Waals surface area (Å²) in [5.41, 5.74) is 5.13. The first-order valence-electron chi connectivity index (χ1n) is 4.71. The van der Waals surface area contributed by atoms with Gasteiger partial charge >= 0.3 is 5.97 Å². The van der Waals surface area contributed by atoms with Crippen LogP contribution in [0.25, 0.3) is 0 Å². The van der Waals surface area contributed by atoms with Crippen LogP contribution in [-0.4, -0.2) is 42.5 Å². The van der Waals surface area contributed by atoms with E-state index < -0.39 is 11.9 Å². The molecule has 0 aliphatic rings. The Kier molecular flexibility index (Phi) is 5.87. The van der Waals surface area contributed by atoms with Crippen LogP contribution in [0.2, 0.25) is 0 Å². The van der Waals surface area contributed by atoms with Gasteiger partial charge in [-0.25, -0.2) is 0 Å². The highest BCUT2D eigenvalue weighted by molar-refractivity contribution is 5.80. The number of nitrogens with two attached hydrogens (primary N) is 1. The Morgan fingerprint density at radius 2 is 2.00 bits per heavy atom. The molecular weight excluding hydrogens is 184 g/mol. The fraction of sp³-hybridized carbons (Fsp3) is 0.778. The number of primary amides is 1. The number of rotatable bonds is 6. The quantitative estimate of drug-likeness (QED) is 0.602. The van der Waals surface area contributed by atoms with Crippen molar-refractivity contribution in [2.24, 2.45) is 5.73 Å². The lowest BCUT2D eigenvalue weighted by Crippen LogP contribution is -2.45. The van der Waals surface area contributed by atoms with E-state index in [1.165, 1.54) is 0 Å². The Bertz CT molecular complexity index is 206. The van der Waals surface area contributed by atoms with Gasteiger partial charge in [0.05, 0.1) is 19.2 Å². The first-order valence-corrected chi connectivity index (χ1v) is 4.71. The molecule has 0 fully saturated rings. The second-order valence-electron chi connectivity index (χ2n) is 2.95. The summed E-state index contributed by atoms with van der Waals surface area (Å²) in [5.74, 6) is -0.765. The molecule has 0 saturated heterocycles. The third-order valence-electron chi connectivity index (χ3n) is 2.00. The number of nitrogens with zero attached hydrogens (tertiary/aromatic N) is 1. The summed E-state index contributed by atoms with van der Waals surface area (Å²) in [6, 6.07) is -0.440. The first-order chi connectivity index (χ1) is 6.52. The molecule has 2 N–H and O–H groups in total. The average Bonchev–Trinajstić information content (AvgIpc) is 2.13. The molecule has 0 spiro atoms. The fourth-order valence-corrected chi connectivity index (χ4v) is 1.07. The highest BCUT2D eigenvalue weighted by atomic mass is 16.5. The molecule has 0 rings (SSSR count). The van der Waals surface area contributed by atoms with Gasteiger partial charge in [-0.1, -0.05) is 6.92 Å². The second kappa shape index (κ2) is 6.37. The molecule has 0 heterocycles. The van der Waals surface area contributed by atoms with Crippen molar-refractivity contribution >= 4 is 11.9 Å². The van der Waals surface area contributed by atoms with Crippen LogP contribution in [0.15, 0.2) is 0 Å². The third-order valence-corrected chi connectivity index (χ3v) is 2.00. The molecule has 0 bridgehead atoms. The molecule has 0 aromatic carbocycles. The molecule has 5 heteroatoms. The van der Waals surface area contributed by atoms with E-state index in [9.17, 15) is 9.59 Å². The van der Waals surface area contributed by atoms with Crippen molar-refractivity contribution in [3.63, 3.8) is 0 Å². The maximum Gasteiger partial charge on any atom is 0.320 e. The minimum absolute atomic E-state index is 0.106. The van der Waals surface area contributed by atoms with Gasteiger partial charge in [0, 0.05) is 0 Å². The van der Waals surface area contributed by atoms with Gasteiger partial charge in [-0.05, 0) is 20.4 Å². The molecular formula is C9H18N2O3. The van der Waals surface area contributed by atoms with Crippen LogP contribution in [0.4, 0.5) is 0 Å². The fourth-order valence-electron chi connectivity index (χ4n) is 1.07. The molecule has 0 radical (unpaired) electrons. The Balaban J connectivity index is 4.14. The SMILES string of the molecule is CCOC(=O)CN(CC)C(C)C(N)=O. The molecule has 1 atom stereocenters. The number of carbonyl (C=O) groups excluding carboxylic acids is 2. The van der Waals surface area contributed by atoms with E-state index in [1.807, 2.05) is 6.92 Å². The van der Waals surface area contributed by atoms with Crippen LogP contribution in [0.1, 0.15) is 20.8 Å². The predicted octanol–water partition coefficient (Wildman–Crippen LogP) is -0.255. The van der Waals surface area contributed by atoms with Crippen LogP contribution in [0.3, 0.4) is 0 Å². The standard InChI is InChI=1S/C9H18N2O3/c1-4-11(7(3)9(10)13)6-8(12)14-5-2/h7H,4-6H2,1-3H3,(H2,10,13). The maximum absolute atomic E-state index is 11.1. The summed E-state index contributed by atoms with van der Waals surface area (Å²) in [4.78, 5) is 23.7. The highest BCUT2D eigenvalue weighted by Gasteiger charge is 2.20. The van der Waals surface area contributed by atoms with Crippen LogP contribution in [-0.2, 0) is 14.3 Å². The van der Waals surface area contributed by atoms with Crippen molar-refractivity contribution < 1.29 is 14.3 Å². The maximum atomic E-state index is 11.1. The lowest BCUT2D eigenvalue weighted by molar-refractivity contribution is -0.145. The summed E-state index contributed by atoms with van der Waals surface area (Å²) in [6.45, 7) is 6.31. The zero-order valence-corrected chi connectivity index (χ0v) is 8.95. The summed E-state index contributed by atoms with van der Waals surface area (Å²) in [5, 5.41) is 0. The van der Waals surface area contributed by atoms with Gasteiger partial charge in [-0.15, -0.1) is 0 Å². The monoisotopic (exact) mass is 202 g/mol. The van der Waals surface area contributed by atoms with E-state index in [2.05, 4.69) is 0 Å². The van der Waals surface area contributed by atoms with Gasteiger partial charge in [0.25, 0.3) is 0 Å². The van der Waals surface area contributed by atoms with Crippen molar-refractivity contribution in [2.75, 3.05) is 19.7 Å². The van der Waals surface area contributed by atoms with Crippen molar-refractivity contribution in [1.82, 2.24) is 4.90 Å². The highest BCUT2D eigenvalue weighted by Crippen LogP contribution is 1.98. The molecule has 0 saturated carbocycles. The zero-order chi connectivity index (χ0) is 11.1. The van der Waals surface area contributed by atoms with Gasteiger partial charge in [-0.3, -0.25) is 14.5 Å². The Morgan fingerprint density at radius 1 is 1.43 bits per heavy atom. The molecule has 14 heavy (non-hydrogen) atoms. The number of likely N-dealkylation sites (N-methyl/N-ethyl adjacent to an activating group) is 1. The third kappa shape index (κ3) is 4.23. The molecule has 0 aromatic heterocycles. The zero-order valence-electron chi connectivity index (χ0n) is 8.95. The predicted molar refractivity (Wildman–Crippen MR) is 52.5 cm³/mol. The van der Waals surface area contributed by atoms with E-state index in [4.69, 9.17) is 10.5 Å². The molecule has 5 nitrogen and oxygen atoms in total. The van der Waals surface area contributed by atoms with E-state index in [0.29, 0.717) is 13.2 Å². The number of amides is 1. The van der Waals surface area contributed by atoms with Crippen LogP contribution < -0.4 is 5.73 Å². The average molecular weight is 202 g/mol. The number of hydrogen-bond acceptors (Lipinski definition) is 4. The number of esters is 1. The lowest BCUT2D eigenvalue weighted by Gasteiger charge is -2.23. The minimum Gasteiger partial charge on any atom is -0.465 e. The molecule has 1 unspecified atom stereocenters. The second-order valence-corrected chi connectivity index (χ2v) is 2.95.